The van der Waals surface area contributed by atoms with Gasteiger partial charge in [-0.15, -0.1) is 0 Å². The van der Waals surface area contributed by atoms with Crippen LogP contribution < -0.4 is 5.73 Å². The summed E-state index contributed by atoms with van der Waals surface area (Å²) in [5.74, 6) is -0.776. The average molecular weight is 171 g/mol. The minimum absolute atomic E-state index is 0.119. The molecule has 1 aliphatic carbocycles. The van der Waals surface area contributed by atoms with Crippen LogP contribution in [0.15, 0.2) is 0 Å². The smallest absolute Gasteiger partial charge is 0.304 e. The highest BCUT2D eigenvalue weighted by molar-refractivity contribution is 5.67. The van der Waals surface area contributed by atoms with E-state index in [2.05, 4.69) is 6.92 Å². The van der Waals surface area contributed by atoms with Gasteiger partial charge in [0.25, 0.3) is 0 Å². The Kier molecular flexibility index (Phi) is 2.73. The van der Waals surface area contributed by atoms with Crippen molar-refractivity contribution >= 4 is 5.97 Å². The molecule has 1 fully saturated rings. The van der Waals surface area contributed by atoms with Gasteiger partial charge in [-0.2, -0.15) is 0 Å². The van der Waals surface area contributed by atoms with E-state index in [4.69, 9.17) is 10.8 Å². The Labute approximate surface area is 72.9 Å². The minimum Gasteiger partial charge on any atom is -0.481 e. The largest absolute Gasteiger partial charge is 0.481 e. The fourth-order valence-electron chi connectivity index (χ4n) is 2.02. The summed E-state index contributed by atoms with van der Waals surface area (Å²) in [7, 11) is 0. The number of aliphatic carboxylic acids is 1. The average Bonchev–Trinajstić information content (AvgIpc) is 1.83. The van der Waals surface area contributed by atoms with Gasteiger partial charge in [0.1, 0.15) is 0 Å². The van der Waals surface area contributed by atoms with Gasteiger partial charge in [-0.3, -0.25) is 4.79 Å². The highest BCUT2D eigenvalue weighted by Gasteiger charge is 2.41. The zero-order chi connectivity index (χ0) is 9.19. The number of rotatable bonds is 4. The Hall–Kier alpha value is -0.570. The Bertz CT molecular complexity index is 170. The van der Waals surface area contributed by atoms with Gasteiger partial charge >= 0.3 is 5.97 Å². The molecular weight excluding hydrogens is 154 g/mol. The van der Waals surface area contributed by atoms with Gasteiger partial charge in [0.2, 0.25) is 0 Å². The van der Waals surface area contributed by atoms with E-state index in [1.165, 1.54) is 6.42 Å². The predicted octanol–water partition coefficient (Wildman–Crippen LogP) is 1.37. The molecule has 0 heterocycles. The lowest BCUT2D eigenvalue weighted by atomic mass is 9.62. The van der Waals surface area contributed by atoms with Crippen molar-refractivity contribution in [2.75, 3.05) is 0 Å². The second-order valence-corrected chi connectivity index (χ2v) is 3.77. The van der Waals surface area contributed by atoms with E-state index < -0.39 is 5.97 Å². The molecule has 0 aliphatic heterocycles. The molecule has 1 atom stereocenters. The second kappa shape index (κ2) is 3.44. The standard InChI is InChI=1S/C9H17NO2/c1-2-9(4-3-5-9)7(10)6-8(11)12/h7H,2-6,10H2,1H3,(H,11,12). The highest BCUT2D eigenvalue weighted by atomic mass is 16.4. The topological polar surface area (TPSA) is 63.3 Å². The van der Waals surface area contributed by atoms with Crippen molar-refractivity contribution < 1.29 is 9.90 Å². The molecule has 0 saturated heterocycles. The summed E-state index contributed by atoms with van der Waals surface area (Å²) in [4.78, 5) is 10.4. The summed E-state index contributed by atoms with van der Waals surface area (Å²) >= 11 is 0. The normalized spacial score (nSPS) is 22.8. The van der Waals surface area contributed by atoms with Gasteiger partial charge in [-0.05, 0) is 24.7 Å². The molecule has 0 amide bonds. The summed E-state index contributed by atoms with van der Waals surface area (Å²) < 4.78 is 0. The Morgan fingerprint density at radius 1 is 1.67 bits per heavy atom. The van der Waals surface area contributed by atoms with Gasteiger partial charge in [-0.25, -0.2) is 0 Å². The molecule has 3 N–H and O–H groups in total. The lowest BCUT2D eigenvalue weighted by molar-refractivity contribution is -0.138. The molecule has 1 unspecified atom stereocenters. The zero-order valence-electron chi connectivity index (χ0n) is 7.55. The summed E-state index contributed by atoms with van der Waals surface area (Å²) in [6.07, 6.45) is 4.56. The molecular formula is C9H17NO2. The molecule has 0 spiro atoms. The Morgan fingerprint density at radius 2 is 2.25 bits per heavy atom. The zero-order valence-corrected chi connectivity index (χ0v) is 7.55. The summed E-state index contributed by atoms with van der Waals surface area (Å²) in [5, 5.41) is 8.58. The minimum atomic E-state index is -0.776. The molecule has 12 heavy (non-hydrogen) atoms. The van der Waals surface area contributed by atoms with Gasteiger partial charge in [0.05, 0.1) is 6.42 Å². The van der Waals surface area contributed by atoms with Crippen LogP contribution in [0.4, 0.5) is 0 Å². The van der Waals surface area contributed by atoms with Crippen molar-refractivity contribution in [1.29, 1.82) is 0 Å². The molecule has 0 radical (unpaired) electrons. The lowest BCUT2D eigenvalue weighted by Crippen LogP contribution is -2.47. The van der Waals surface area contributed by atoms with Gasteiger partial charge in [0, 0.05) is 6.04 Å². The number of carboxylic acids is 1. The molecule has 70 valence electrons. The van der Waals surface area contributed by atoms with E-state index in [1.54, 1.807) is 0 Å². The molecule has 1 saturated carbocycles. The fraction of sp³-hybridized carbons (Fsp3) is 0.889. The van der Waals surface area contributed by atoms with E-state index in [1.807, 2.05) is 0 Å². The van der Waals surface area contributed by atoms with Crippen LogP contribution in [0.25, 0.3) is 0 Å². The third kappa shape index (κ3) is 1.61. The number of carboxylic acid groups (broad SMARTS) is 1. The van der Waals surface area contributed by atoms with Gasteiger partial charge < -0.3 is 10.8 Å². The van der Waals surface area contributed by atoms with Crippen LogP contribution in [0.2, 0.25) is 0 Å². The van der Waals surface area contributed by atoms with E-state index in [0.717, 1.165) is 19.3 Å². The SMILES string of the molecule is CCC1(C(N)CC(=O)O)CCC1. The monoisotopic (exact) mass is 171 g/mol. The summed E-state index contributed by atoms with van der Waals surface area (Å²) in [6, 6.07) is -0.145. The maximum Gasteiger partial charge on any atom is 0.304 e. The first-order chi connectivity index (χ1) is 5.60. The van der Waals surface area contributed by atoms with Crippen LogP contribution in [0, 0.1) is 5.41 Å². The maximum atomic E-state index is 10.4. The highest BCUT2D eigenvalue weighted by Crippen LogP contribution is 2.46. The van der Waals surface area contributed by atoms with E-state index >= 15 is 0 Å². The Morgan fingerprint density at radius 3 is 2.50 bits per heavy atom. The first-order valence-electron chi connectivity index (χ1n) is 4.58. The molecule has 0 aromatic carbocycles. The van der Waals surface area contributed by atoms with Crippen LogP contribution in [0.5, 0.6) is 0 Å². The maximum absolute atomic E-state index is 10.4. The van der Waals surface area contributed by atoms with Crippen LogP contribution in [0.1, 0.15) is 39.0 Å². The summed E-state index contributed by atoms with van der Waals surface area (Å²) in [6.45, 7) is 2.10. The van der Waals surface area contributed by atoms with Crippen LogP contribution in [-0.2, 0) is 4.79 Å². The molecule has 3 heteroatoms. The molecule has 1 aliphatic rings. The van der Waals surface area contributed by atoms with E-state index in [9.17, 15) is 4.79 Å². The number of carbonyl (C=O) groups is 1. The first-order valence-corrected chi connectivity index (χ1v) is 4.58. The third-order valence-corrected chi connectivity index (χ3v) is 3.23. The number of nitrogens with two attached hydrogens (primary N) is 1. The van der Waals surface area contributed by atoms with Crippen molar-refractivity contribution in [2.24, 2.45) is 11.1 Å². The van der Waals surface area contributed by atoms with Gasteiger partial charge in [0.15, 0.2) is 0 Å². The number of hydrogen-bond acceptors (Lipinski definition) is 2. The van der Waals surface area contributed by atoms with E-state index in [0.29, 0.717) is 0 Å². The predicted molar refractivity (Wildman–Crippen MR) is 46.8 cm³/mol. The fourth-order valence-corrected chi connectivity index (χ4v) is 2.02. The molecule has 0 aromatic rings. The van der Waals surface area contributed by atoms with E-state index in [-0.39, 0.29) is 17.9 Å². The lowest BCUT2D eigenvalue weighted by Gasteiger charge is -2.45. The van der Waals surface area contributed by atoms with Crippen molar-refractivity contribution in [1.82, 2.24) is 0 Å². The molecule has 3 nitrogen and oxygen atoms in total. The second-order valence-electron chi connectivity index (χ2n) is 3.77. The molecule has 0 aromatic heterocycles. The van der Waals surface area contributed by atoms with Crippen LogP contribution in [0.3, 0.4) is 0 Å². The van der Waals surface area contributed by atoms with Crippen LogP contribution >= 0.6 is 0 Å². The van der Waals surface area contributed by atoms with Crippen molar-refractivity contribution in [3.8, 4) is 0 Å². The quantitative estimate of drug-likeness (QED) is 0.671. The Balaban J connectivity index is 2.48. The summed E-state index contributed by atoms with van der Waals surface area (Å²) in [5.41, 5.74) is 6.00. The molecule has 0 bridgehead atoms. The molecule has 1 rings (SSSR count). The van der Waals surface area contributed by atoms with Gasteiger partial charge in [-0.1, -0.05) is 13.3 Å². The van der Waals surface area contributed by atoms with Crippen molar-refractivity contribution in [3.05, 3.63) is 0 Å². The number of hydrogen-bond donors (Lipinski definition) is 2. The van der Waals surface area contributed by atoms with Crippen molar-refractivity contribution in [2.45, 2.75) is 45.1 Å². The first kappa shape index (κ1) is 9.52. The third-order valence-electron chi connectivity index (χ3n) is 3.23. The van der Waals surface area contributed by atoms with Crippen molar-refractivity contribution in [3.63, 3.8) is 0 Å². The van der Waals surface area contributed by atoms with Crippen LogP contribution in [-0.4, -0.2) is 17.1 Å².